The Morgan fingerprint density at radius 2 is 2.37 bits per heavy atom. The molecule has 0 saturated carbocycles. The van der Waals surface area contributed by atoms with Crippen molar-refractivity contribution in [2.45, 2.75) is 31.7 Å². The first-order valence-electron chi connectivity index (χ1n) is 6.74. The Labute approximate surface area is 123 Å². The van der Waals surface area contributed by atoms with E-state index in [2.05, 4.69) is 41.2 Å². The molecule has 1 aliphatic heterocycles. The fraction of sp³-hybridized carbons (Fsp3) is 0.769. The van der Waals surface area contributed by atoms with Crippen molar-refractivity contribution in [2.75, 3.05) is 37.5 Å². The fourth-order valence-corrected chi connectivity index (χ4v) is 4.14. The van der Waals surface area contributed by atoms with Gasteiger partial charge in [0.15, 0.2) is 5.13 Å². The zero-order valence-electron chi connectivity index (χ0n) is 11.9. The number of hydrogen-bond donors (Lipinski definition) is 1. The number of thioether (sulfide) groups is 1. The van der Waals surface area contributed by atoms with E-state index in [0.717, 1.165) is 31.9 Å². The van der Waals surface area contributed by atoms with Crippen molar-refractivity contribution in [1.29, 1.82) is 0 Å². The van der Waals surface area contributed by atoms with Gasteiger partial charge in [-0.2, -0.15) is 11.8 Å². The summed E-state index contributed by atoms with van der Waals surface area (Å²) in [5, 5.41) is 7.35. The van der Waals surface area contributed by atoms with Gasteiger partial charge in [-0.1, -0.05) is 6.92 Å². The number of thiazole rings is 1. The third-order valence-electron chi connectivity index (χ3n) is 3.46. The predicted octanol–water partition coefficient (Wildman–Crippen LogP) is 2.21. The molecule has 0 bridgehead atoms. The van der Waals surface area contributed by atoms with E-state index in [1.54, 1.807) is 18.4 Å². The smallest absolute Gasteiger partial charge is 0.185 e. The highest BCUT2D eigenvalue weighted by atomic mass is 32.2. The third kappa shape index (κ3) is 4.08. The summed E-state index contributed by atoms with van der Waals surface area (Å²) < 4.78 is 5.02. The Hall–Kier alpha value is -0.300. The average Bonchev–Trinajstić information content (AvgIpc) is 2.87. The largest absolute Gasteiger partial charge is 0.383 e. The number of ether oxygens (including phenoxy) is 1. The van der Waals surface area contributed by atoms with Gasteiger partial charge in [-0.15, -0.1) is 11.3 Å². The summed E-state index contributed by atoms with van der Waals surface area (Å²) >= 11 is 3.82. The zero-order chi connectivity index (χ0) is 13.7. The molecule has 2 unspecified atom stereocenters. The van der Waals surface area contributed by atoms with Crippen molar-refractivity contribution in [1.82, 2.24) is 10.3 Å². The maximum Gasteiger partial charge on any atom is 0.185 e. The lowest BCUT2D eigenvalue weighted by molar-refractivity contribution is 0.199. The van der Waals surface area contributed by atoms with E-state index in [9.17, 15) is 0 Å². The second-order valence-corrected chi connectivity index (χ2v) is 7.12. The molecule has 1 aromatic rings. The third-order valence-corrected chi connectivity index (χ3v) is 5.72. The molecule has 108 valence electrons. The van der Waals surface area contributed by atoms with Gasteiger partial charge in [0.05, 0.1) is 12.3 Å². The van der Waals surface area contributed by atoms with E-state index in [-0.39, 0.29) is 0 Å². The Morgan fingerprint density at radius 1 is 1.53 bits per heavy atom. The summed E-state index contributed by atoms with van der Waals surface area (Å²) in [6.45, 7) is 8.16. The average molecular weight is 301 g/mol. The molecule has 6 heteroatoms. The van der Waals surface area contributed by atoms with Gasteiger partial charge in [0, 0.05) is 49.2 Å². The molecular formula is C13H23N3OS2. The van der Waals surface area contributed by atoms with Gasteiger partial charge in [-0.3, -0.25) is 0 Å². The Kier molecular flexibility index (Phi) is 5.94. The molecular weight excluding hydrogens is 278 g/mol. The lowest BCUT2D eigenvalue weighted by Gasteiger charge is -2.37. The normalized spacial score (nSPS) is 23.8. The van der Waals surface area contributed by atoms with Crippen molar-refractivity contribution in [2.24, 2.45) is 0 Å². The van der Waals surface area contributed by atoms with Crippen LogP contribution in [0.1, 0.15) is 19.5 Å². The zero-order valence-corrected chi connectivity index (χ0v) is 13.5. The first-order valence-corrected chi connectivity index (χ1v) is 8.67. The van der Waals surface area contributed by atoms with E-state index in [4.69, 9.17) is 9.72 Å². The topological polar surface area (TPSA) is 37.4 Å². The molecule has 1 saturated heterocycles. The Bertz CT molecular complexity index is 386. The van der Waals surface area contributed by atoms with Crippen LogP contribution in [0.25, 0.3) is 0 Å². The van der Waals surface area contributed by atoms with Crippen LogP contribution in [0, 0.1) is 0 Å². The van der Waals surface area contributed by atoms with Gasteiger partial charge in [0.25, 0.3) is 0 Å². The number of aromatic nitrogens is 1. The van der Waals surface area contributed by atoms with Gasteiger partial charge >= 0.3 is 0 Å². The van der Waals surface area contributed by atoms with Gasteiger partial charge in [0.1, 0.15) is 0 Å². The van der Waals surface area contributed by atoms with Crippen molar-refractivity contribution >= 4 is 28.2 Å². The fourth-order valence-electron chi connectivity index (χ4n) is 2.10. The summed E-state index contributed by atoms with van der Waals surface area (Å²) in [6.07, 6.45) is 0. The molecule has 0 aliphatic carbocycles. The van der Waals surface area contributed by atoms with Crippen LogP contribution in [0.2, 0.25) is 0 Å². The van der Waals surface area contributed by atoms with Crippen LogP contribution in [0.5, 0.6) is 0 Å². The second kappa shape index (κ2) is 7.47. The molecule has 0 spiro atoms. The van der Waals surface area contributed by atoms with Crippen LogP contribution in [0.4, 0.5) is 5.13 Å². The number of rotatable bonds is 6. The minimum absolute atomic E-state index is 0.569. The lowest BCUT2D eigenvalue weighted by Crippen LogP contribution is -2.44. The van der Waals surface area contributed by atoms with Crippen LogP contribution >= 0.6 is 23.1 Å². The van der Waals surface area contributed by atoms with Gasteiger partial charge in [0.2, 0.25) is 0 Å². The maximum absolute atomic E-state index is 5.02. The van der Waals surface area contributed by atoms with Crippen LogP contribution in [0.3, 0.4) is 0 Å². The molecule has 19 heavy (non-hydrogen) atoms. The highest BCUT2D eigenvalue weighted by molar-refractivity contribution is 8.00. The van der Waals surface area contributed by atoms with Crippen molar-refractivity contribution in [3.8, 4) is 0 Å². The van der Waals surface area contributed by atoms with Crippen LogP contribution in [-0.2, 0) is 11.3 Å². The van der Waals surface area contributed by atoms with Crippen molar-refractivity contribution in [3.05, 3.63) is 11.1 Å². The van der Waals surface area contributed by atoms with E-state index in [1.165, 1.54) is 10.9 Å². The number of anilines is 1. The van der Waals surface area contributed by atoms with Crippen LogP contribution < -0.4 is 10.2 Å². The molecule has 1 aromatic heterocycles. The molecule has 4 nitrogen and oxygen atoms in total. The van der Waals surface area contributed by atoms with E-state index >= 15 is 0 Å². The maximum atomic E-state index is 5.02. The van der Waals surface area contributed by atoms with Crippen LogP contribution in [0.15, 0.2) is 5.38 Å². The van der Waals surface area contributed by atoms with Crippen molar-refractivity contribution in [3.63, 3.8) is 0 Å². The number of hydrogen-bond acceptors (Lipinski definition) is 6. The molecule has 0 radical (unpaired) electrons. The van der Waals surface area contributed by atoms with Gasteiger partial charge < -0.3 is 15.0 Å². The molecule has 1 N–H and O–H groups in total. The van der Waals surface area contributed by atoms with Crippen molar-refractivity contribution < 1.29 is 4.74 Å². The SMILES string of the molecule is COCCNCc1csc(N2CCSC(C)C2C)n1. The monoisotopic (exact) mass is 301 g/mol. The van der Waals surface area contributed by atoms with Crippen LogP contribution in [-0.4, -0.2) is 48.8 Å². The first kappa shape index (κ1) is 15.1. The summed E-state index contributed by atoms with van der Waals surface area (Å²) in [6, 6.07) is 0.569. The quantitative estimate of drug-likeness (QED) is 0.816. The van der Waals surface area contributed by atoms with Gasteiger partial charge in [-0.05, 0) is 6.92 Å². The Morgan fingerprint density at radius 3 is 3.16 bits per heavy atom. The summed E-state index contributed by atoms with van der Waals surface area (Å²) in [5.41, 5.74) is 1.13. The second-order valence-electron chi connectivity index (χ2n) is 4.80. The summed E-state index contributed by atoms with van der Waals surface area (Å²) in [5.74, 6) is 1.20. The van der Waals surface area contributed by atoms with Gasteiger partial charge in [-0.25, -0.2) is 4.98 Å². The standard InChI is InChI=1S/C13H23N3OS2/c1-10-11(2)18-7-5-16(10)13-15-12(9-19-13)8-14-4-6-17-3/h9-11,14H,4-8H2,1-3H3. The number of methoxy groups -OCH3 is 1. The summed E-state index contributed by atoms with van der Waals surface area (Å²) in [4.78, 5) is 7.20. The lowest BCUT2D eigenvalue weighted by atomic mass is 10.2. The van der Waals surface area contributed by atoms with E-state index in [1.807, 2.05) is 0 Å². The highest BCUT2D eigenvalue weighted by Crippen LogP contribution is 2.30. The first-order chi connectivity index (χ1) is 9.22. The minimum atomic E-state index is 0.569. The number of nitrogens with zero attached hydrogens (tertiary/aromatic N) is 2. The molecule has 2 rings (SSSR count). The molecule has 2 heterocycles. The highest BCUT2D eigenvalue weighted by Gasteiger charge is 2.27. The van der Waals surface area contributed by atoms with E-state index in [0.29, 0.717) is 11.3 Å². The predicted molar refractivity (Wildman–Crippen MR) is 84.4 cm³/mol. The Balaban J connectivity index is 1.89. The molecule has 1 fully saturated rings. The molecule has 2 atom stereocenters. The molecule has 1 aliphatic rings. The number of nitrogens with one attached hydrogen (secondary N) is 1. The molecule has 0 aromatic carbocycles. The minimum Gasteiger partial charge on any atom is -0.383 e. The summed E-state index contributed by atoms with van der Waals surface area (Å²) in [7, 11) is 1.72. The van der Waals surface area contributed by atoms with E-state index < -0.39 is 0 Å². The molecule has 0 amide bonds.